The molecule has 2 aromatic carbocycles. The number of fused-ring (bicyclic) bond motifs is 1. The van der Waals surface area contributed by atoms with E-state index in [1.165, 1.54) is 27.8 Å². The van der Waals surface area contributed by atoms with Crippen LogP contribution in [0.4, 0.5) is 0 Å². The third-order valence-corrected chi connectivity index (χ3v) is 4.96. The van der Waals surface area contributed by atoms with Crippen LogP contribution < -0.4 is 0 Å². The van der Waals surface area contributed by atoms with Crippen LogP contribution in [0, 0.1) is 0 Å². The fraction of sp³-hybridized carbons (Fsp3) is 0.304. The van der Waals surface area contributed by atoms with Gasteiger partial charge in [0.05, 0.1) is 0 Å². The third kappa shape index (κ3) is 3.03. The summed E-state index contributed by atoms with van der Waals surface area (Å²) in [7, 11) is 0. The van der Waals surface area contributed by atoms with Crippen molar-refractivity contribution >= 4 is 11.6 Å². The molecular formula is C23H26. The lowest BCUT2D eigenvalue weighted by atomic mass is 9.67. The van der Waals surface area contributed by atoms with Gasteiger partial charge >= 0.3 is 0 Å². The molecule has 118 valence electrons. The fourth-order valence-corrected chi connectivity index (χ4v) is 3.36. The first-order valence-electron chi connectivity index (χ1n) is 8.39. The molecule has 0 spiro atoms. The van der Waals surface area contributed by atoms with Crippen LogP contribution in [0.25, 0.3) is 11.6 Å². The van der Waals surface area contributed by atoms with Crippen molar-refractivity contribution in [3.8, 4) is 0 Å². The van der Waals surface area contributed by atoms with Gasteiger partial charge in [0.1, 0.15) is 0 Å². The average Bonchev–Trinajstić information content (AvgIpc) is 2.52. The van der Waals surface area contributed by atoms with Gasteiger partial charge in [0.25, 0.3) is 0 Å². The van der Waals surface area contributed by atoms with E-state index in [0.717, 1.165) is 0 Å². The third-order valence-electron chi connectivity index (χ3n) is 4.96. The predicted octanol–water partition coefficient (Wildman–Crippen LogP) is 6.37. The SMILES string of the molecule is C/C(=C\c1ccccc1)c1ccc2c(c1)C(C)(C)C=CC2(C)C. The van der Waals surface area contributed by atoms with Gasteiger partial charge < -0.3 is 0 Å². The Hall–Kier alpha value is -2.08. The Morgan fingerprint density at radius 2 is 1.39 bits per heavy atom. The first kappa shape index (κ1) is 15.8. The van der Waals surface area contributed by atoms with E-state index in [-0.39, 0.29) is 10.8 Å². The first-order valence-corrected chi connectivity index (χ1v) is 8.39. The Balaban J connectivity index is 2.07. The van der Waals surface area contributed by atoms with Crippen molar-refractivity contribution in [2.45, 2.75) is 45.4 Å². The monoisotopic (exact) mass is 302 g/mol. The highest BCUT2D eigenvalue weighted by atomic mass is 14.4. The molecule has 0 heteroatoms. The molecular weight excluding hydrogens is 276 g/mol. The minimum absolute atomic E-state index is 0.0912. The first-order chi connectivity index (χ1) is 10.8. The van der Waals surface area contributed by atoms with Crippen molar-refractivity contribution < 1.29 is 0 Å². The number of hydrogen-bond acceptors (Lipinski definition) is 0. The maximum Gasteiger partial charge on any atom is 0.00789 e. The normalized spacial score (nSPS) is 18.6. The Morgan fingerprint density at radius 1 is 0.783 bits per heavy atom. The zero-order chi connectivity index (χ0) is 16.7. The van der Waals surface area contributed by atoms with Crippen LogP contribution >= 0.6 is 0 Å². The van der Waals surface area contributed by atoms with E-state index in [9.17, 15) is 0 Å². The summed E-state index contributed by atoms with van der Waals surface area (Å²) < 4.78 is 0. The molecule has 0 unspecified atom stereocenters. The van der Waals surface area contributed by atoms with Gasteiger partial charge in [-0.25, -0.2) is 0 Å². The van der Waals surface area contributed by atoms with E-state index >= 15 is 0 Å². The molecule has 3 rings (SSSR count). The molecule has 23 heavy (non-hydrogen) atoms. The molecule has 2 aromatic rings. The summed E-state index contributed by atoms with van der Waals surface area (Å²) in [4.78, 5) is 0. The van der Waals surface area contributed by atoms with Gasteiger partial charge in [0, 0.05) is 10.8 Å². The maximum atomic E-state index is 2.38. The maximum absolute atomic E-state index is 2.38. The summed E-state index contributed by atoms with van der Waals surface area (Å²) in [5, 5.41) is 0. The average molecular weight is 302 g/mol. The summed E-state index contributed by atoms with van der Waals surface area (Å²) >= 11 is 0. The number of benzene rings is 2. The standard InChI is InChI=1S/C23H26/c1-17(15-18-9-7-6-8-10-18)19-11-12-20-21(16-19)23(4,5)14-13-22(20,2)3/h6-16H,1-5H3/b17-15+. The van der Waals surface area contributed by atoms with Crippen molar-refractivity contribution in [3.05, 3.63) is 82.9 Å². The molecule has 0 aliphatic heterocycles. The van der Waals surface area contributed by atoms with E-state index in [0.29, 0.717) is 0 Å². The number of hydrogen-bond donors (Lipinski definition) is 0. The second kappa shape index (κ2) is 5.53. The molecule has 0 nitrogen and oxygen atoms in total. The molecule has 0 radical (unpaired) electrons. The molecule has 0 heterocycles. The second-order valence-electron chi connectivity index (χ2n) is 7.78. The van der Waals surface area contributed by atoms with Gasteiger partial charge in [-0.3, -0.25) is 0 Å². The Kier molecular flexibility index (Phi) is 3.80. The molecule has 0 bridgehead atoms. The second-order valence-corrected chi connectivity index (χ2v) is 7.78. The van der Waals surface area contributed by atoms with Crippen LogP contribution in [0.5, 0.6) is 0 Å². The predicted molar refractivity (Wildman–Crippen MR) is 102 cm³/mol. The number of allylic oxidation sites excluding steroid dienone is 3. The summed E-state index contributed by atoms with van der Waals surface area (Å²) in [6.07, 6.45) is 6.97. The van der Waals surface area contributed by atoms with Crippen molar-refractivity contribution in [1.29, 1.82) is 0 Å². The van der Waals surface area contributed by atoms with Crippen LogP contribution in [0.1, 0.15) is 56.9 Å². The van der Waals surface area contributed by atoms with Crippen LogP contribution in [0.3, 0.4) is 0 Å². The zero-order valence-corrected chi connectivity index (χ0v) is 14.9. The summed E-state index contributed by atoms with van der Waals surface area (Å²) in [5.74, 6) is 0. The van der Waals surface area contributed by atoms with Crippen molar-refractivity contribution in [2.75, 3.05) is 0 Å². The van der Waals surface area contributed by atoms with Crippen molar-refractivity contribution in [2.24, 2.45) is 0 Å². The van der Waals surface area contributed by atoms with Gasteiger partial charge in [-0.15, -0.1) is 0 Å². The topological polar surface area (TPSA) is 0 Å². The molecule has 0 saturated heterocycles. The molecule has 1 aliphatic rings. The largest absolute Gasteiger partial charge is 0.0776 e. The van der Waals surface area contributed by atoms with Gasteiger partial charge in [-0.2, -0.15) is 0 Å². The van der Waals surface area contributed by atoms with E-state index < -0.39 is 0 Å². The van der Waals surface area contributed by atoms with E-state index in [1.807, 2.05) is 0 Å². The van der Waals surface area contributed by atoms with Gasteiger partial charge in [-0.05, 0) is 34.8 Å². The summed E-state index contributed by atoms with van der Waals surface area (Å²) in [6, 6.07) is 17.5. The molecule has 0 atom stereocenters. The molecule has 0 fully saturated rings. The quantitative estimate of drug-likeness (QED) is 0.446. The molecule has 0 saturated carbocycles. The van der Waals surface area contributed by atoms with Gasteiger partial charge in [0.2, 0.25) is 0 Å². The molecule has 0 N–H and O–H groups in total. The Morgan fingerprint density at radius 3 is 2.04 bits per heavy atom. The van der Waals surface area contributed by atoms with Crippen LogP contribution in [-0.2, 0) is 10.8 Å². The van der Waals surface area contributed by atoms with E-state index in [1.54, 1.807) is 0 Å². The van der Waals surface area contributed by atoms with E-state index in [4.69, 9.17) is 0 Å². The van der Waals surface area contributed by atoms with Crippen LogP contribution in [-0.4, -0.2) is 0 Å². The highest BCUT2D eigenvalue weighted by molar-refractivity contribution is 5.80. The van der Waals surface area contributed by atoms with Crippen molar-refractivity contribution in [1.82, 2.24) is 0 Å². The Bertz CT molecular complexity index is 771. The minimum atomic E-state index is 0.0912. The van der Waals surface area contributed by atoms with Crippen LogP contribution in [0.2, 0.25) is 0 Å². The summed E-state index contributed by atoms with van der Waals surface area (Å²) in [6.45, 7) is 11.4. The highest BCUT2D eigenvalue weighted by Gasteiger charge is 2.32. The number of rotatable bonds is 2. The van der Waals surface area contributed by atoms with Gasteiger partial charge in [0.15, 0.2) is 0 Å². The minimum Gasteiger partial charge on any atom is -0.0776 e. The lowest BCUT2D eigenvalue weighted by Gasteiger charge is -2.37. The van der Waals surface area contributed by atoms with E-state index in [2.05, 4.69) is 101 Å². The lowest BCUT2D eigenvalue weighted by Crippen LogP contribution is -2.29. The van der Waals surface area contributed by atoms with Crippen LogP contribution in [0.15, 0.2) is 60.7 Å². The fourth-order valence-electron chi connectivity index (χ4n) is 3.36. The molecule has 0 aromatic heterocycles. The summed E-state index contributed by atoms with van der Waals surface area (Å²) in [5.41, 5.74) is 6.97. The molecule has 0 amide bonds. The van der Waals surface area contributed by atoms with Gasteiger partial charge in [-0.1, -0.05) is 94.5 Å². The molecule has 1 aliphatic carbocycles. The Labute approximate surface area is 140 Å². The lowest BCUT2D eigenvalue weighted by molar-refractivity contribution is 0.563. The smallest absolute Gasteiger partial charge is 0.00789 e. The zero-order valence-electron chi connectivity index (χ0n) is 14.9. The van der Waals surface area contributed by atoms with Crippen molar-refractivity contribution in [3.63, 3.8) is 0 Å². The highest BCUT2D eigenvalue weighted by Crippen LogP contribution is 2.42.